The highest BCUT2D eigenvalue weighted by Crippen LogP contribution is 2.36. The van der Waals surface area contributed by atoms with E-state index in [1.807, 2.05) is 30.3 Å². The molecule has 2 heterocycles. The largest absolute Gasteiger partial charge is 0.511 e. The molecule has 1 unspecified atom stereocenters. The molecule has 0 saturated carbocycles. The molecule has 1 aromatic heterocycles. The normalized spacial score (nSPS) is 16.9. The van der Waals surface area contributed by atoms with Crippen LogP contribution >= 0.6 is 0 Å². The van der Waals surface area contributed by atoms with E-state index in [-0.39, 0.29) is 23.5 Å². The van der Waals surface area contributed by atoms with Crippen molar-refractivity contribution in [1.29, 1.82) is 0 Å². The van der Waals surface area contributed by atoms with E-state index in [4.69, 9.17) is 0 Å². The number of amides is 1. The fourth-order valence-electron chi connectivity index (χ4n) is 4.27. The van der Waals surface area contributed by atoms with E-state index >= 15 is 0 Å². The topological polar surface area (TPSA) is 103 Å². The van der Waals surface area contributed by atoms with Crippen molar-refractivity contribution >= 4 is 21.6 Å². The molecule has 1 N–H and O–H groups in total. The lowest BCUT2D eigenvalue weighted by atomic mass is 10.0. The summed E-state index contributed by atoms with van der Waals surface area (Å²) in [4.78, 5) is 33.1. The van der Waals surface area contributed by atoms with Gasteiger partial charge in [-0.2, -0.15) is 17.5 Å². The highest BCUT2D eigenvalue weighted by Gasteiger charge is 2.51. The Morgan fingerprint density at radius 2 is 1.83 bits per heavy atom. The minimum absolute atomic E-state index is 0.157. The van der Waals surface area contributed by atoms with Crippen LogP contribution in [0.2, 0.25) is 0 Å². The van der Waals surface area contributed by atoms with Gasteiger partial charge in [-0.1, -0.05) is 42.5 Å². The number of carbonyl (C=O) groups excluding carboxylic acids is 1. The number of benzene rings is 2. The third-order valence-electron chi connectivity index (χ3n) is 6.09. The first-order valence-corrected chi connectivity index (χ1v) is 12.5. The maximum Gasteiger partial charge on any atom is 0.511 e. The number of aromatic amines is 1. The molecule has 0 aliphatic carbocycles. The van der Waals surface area contributed by atoms with E-state index < -0.39 is 46.1 Å². The average Bonchev–Trinajstić information content (AvgIpc) is 3.00. The Hall–Kier alpha value is -3.51. The van der Waals surface area contributed by atoms with Crippen molar-refractivity contribution in [3.63, 3.8) is 0 Å². The van der Waals surface area contributed by atoms with Crippen molar-refractivity contribution in [2.24, 2.45) is 0 Å². The van der Waals surface area contributed by atoms with Crippen LogP contribution in [0.1, 0.15) is 33.7 Å². The number of halogens is 3. The number of hydrogen-bond acceptors (Lipinski definition) is 5. The number of nitrogens with one attached hydrogen (secondary N) is 1. The molecule has 1 amide bonds. The predicted octanol–water partition coefficient (Wildman–Crippen LogP) is 3.39. The Morgan fingerprint density at radius 3 is 2.50 bits per heavy atom. The number of H-pyrrole nitrogens is 1. The minimum Gasteiger partial charge on any atom is -0.302 e. The van der Waals surface area contributed by atoms with E-state index in [9.17, 15) is 31.2 Å². The summed E-state index contributed by atoms with van der Waals surface area (Å²) in [5.74, 6) is -1.05. The second-order valence-corrected chi connectivity index (χ2v) is 10.4. The molecule has 0 bridgehead atoms. The average molecular weight is 521 g/mol. The lowest BCUT2D eigenvalue weighted by molar-refractivity contribution is -0.0492. The Balaban J connectivity index is 1.86. The highest BCUT2D eigenvalue weighted by molar-refractivity contribution is 7.89. The van der Waals surface area contributed by atoms with E-state index in [1.54, 1.807) is 25.1 Å². The molecule has 1 atom stereocenters. The highest BCUT2D eigenvalue weighted by atomic mass is 32.2. The first-order valence-electron chi connectivity index (χ1n) is 11.1. The molecule has 36 heavy (non-hydrogen) atoms. The second kappa shape index (κ2) is 9.86. The van der Waals surface area contributed by atoms with Crippen molar-refractivity contribution in [2.75, 3.05) is 11.4 Å². The van der Waals surface area contributed by atoms with E-state index in [0.29, 0.717) is 16.3 Å². The summed E-state index contributed by atoms with van der Waals surface area (Å²) >= 11 is 0. The molecule has 1 aliphatic heterocycles. The van der Waals surface area contributed by atoms with Crippen molar-refractivity contribution in [2.45, 2.75) is 37.9 Å². The van der Waals surface area contributed by atoms with Crippen LogP contribution in [0.25, 0.3) is 0 Å². The van der Waals surface area contributed by atoms with Gasteiger partial charge in [0.15, 0.2) is 5.82 Å². The van der Waals surface area contributed by atoms with Crippen molar-refractivity contribution in [1.82, 2.24) is 14.3 Å². The molecule has 8 nitrogen and oxygen atoms in total. The Kier molecular flexibility index (Phi) is 7.01. The first-order chi connectivity index (χ1) is 17.0. The maximum atomic E-state index is 13.7. The second-order valence-electron chi connectivity index (χ2n) is 8.45. The number of alkyl halides is 3. The van der Waals surface area contributed by atoms with Gasteiger partial charge in [0.2, 0.25) is 0 Å². The third kappa shape index (κ3) is 5.05. The zero-order valence-electron chi connectivity index (χ0n) is 19.2. The molecule has 1 aliphatic rings. The molecule has 0 fully saturated rings. The van der Waals surface area contributed by atoms with Gasteiger partial charge in [0.1, 0.15) is 0 Å². The molecular formula is C24H23F3N4O4S. The predicted molar refractivity (Wildman–Crippen MR) is 127 cm³/mol. The standard InChI is InChI=1S/C24H23F3N4O4S/c1-16-6-5-9-20-19(16)15-30(36(34,35)24(25,26)27)14-18(11-10-17-7-3-2-4-8-17)31(20)23(33)22-28-13-12-21(32)29-22/h2-9,12-13,18H,10-11,14-15H2,1H3,(H,28,29,32). The van der Waals surface area contributed by atoms with Crippen molar-refractivity contribution in [3.8, 4) is 0 Å². The fraction of sp³-hybridized carbons (Fsp3) is 0.292. The van der Waals surface area contributed by atoms with E-state index in [1.165, 1.54) is 4.90 Å². The summed E-state index contributed by atoms with van der Waals surface area (Å²) in [5.41, 5.74) is -4.16. The number of carbonyl (C=O) groups is 1. The number of rotatable bonds is 5. The van der Waals surface area contributed by atoms with Gasteiger partial charge in [0, 0.05) is 31.0 Å². The molecule has 3 aromatic rings. The van der Waals surface area contributed by atoms with Gasteiger partial charge in [0.05, 0.1) is 6.04 Å². The van der Waals surface area contributed by atoms with Crippen LogP contribution in [0, 0.1) is 6.92 Å². The molecule has 0 spiro atoms. The molecule has 2 aromatic carbocycles. The quantitative estimate of drug-likeness (QED) is 0.556. The lowest BCUT2D eigenvalue weighted by Gasteiger charge is -2.32. The molecular weight excluding hydrogens is 497 g/mol. The maximum absolute atomic E-state index is 13.7. The van der Waals surface area contributed by atoms with Crippen molar-refractivity contribution < 1.29 is 26.4 Å². The third-order valence-corrected chi connectivity index (χ3v) is 7.64. The van der Waals surface area contributed by atoms with Gasteiger partial charge < -0.3 is 9.88 Å². The summed E-state index contributed by atoms with van der Waals surface area (Å²) in [7, 11) is -5.70. The number of sulfonamides is 1. The van der Waals surface area contributed by atoms with Crippen LogP contribution in [0.15, 0.2) is 65.6 Å². The van der Waals surface area contributed by atoms with Crippen molar-refractivity contribution in [3.05, 3.63) is 93.7 Å². The fourth-order valence-corrected chi connectivity index (χ4v) is 5.23. The van der Waals surface area contributed by atoms with Crippen LogP contribution in [0.3, 0.4) is 0 Å². The summed E-state index contributed by atoms with van der Waals surface area (Å²) in [6.45, 7) is 0.479. The number of nitrogens with zero attached hydrogens (tertiary/aromatic N) is 3. The van der Waals surface area contributed by atoms with Gasteiger partial charge >= 0.3 is 15.5 Å². The Bertz CT molecular complexity index is 1430. The molecule has 0 radical (unpaired) electrons. The van der Waals surface area contributed by atoms with Crippen LogP contribution in [-0.4, -0.2) is 46.7 Å². The summed E-state index contributed by atoms with van der Waals surface area (Å²) < 4.78 is 66.3. The monoisotopic (exact) mass is 520 g/mol. The van der Waals surface area contributed by atoms with Crippen LogP contribution in [-0.2, 0) is 23.0 Å². The van der Waals surface area contributed by atoms with E-state index in [2.05, 4.69) is 9.97 Å². The molecule has 4 rings (SSSR count). The number of aryl methyl sites for hydroxylation is 2. The van der Waals surface area contributed by atoms with Gasteiger partial charge in [0.25, 0.3) is 11.5 Å². The number of fused-ring (bicyclic) bond motifs is 1. The van der Waals surface area contributed by atoms with Gasteiger partial charge in [-0.15, -0.1) is 0 Å². The Morgan fingerprint density at radius 1 is 1.11 bits per heavy atom. The molecule has 190 valence electrons. The number of anilines is 1. The number of hydrogen-bond donors (Lipinski definition) is 1. The van der Waals surface area contributed by atoms with Crippen LogP contribution in [0.5, 0.6) is 0 Å². The summed E-state index contributed by atoms with van der Waals surface area (Å²) in [6, 6.07) is 14.1. The van der Waals surface area contributed by atoms with E-state index in [0.717, 1.165) is 17.8 Å². The van der Waals surface area contributed by atoms with Crippen LogP contribution < -0.4 is 10.5 Å². The Labute approximate surface area is 205 Å². The van der Waals surface area contributed by atoms with Gasteiger partial charge in [-0.05, 0) is 42.5 Å². The summed E-state index contributed by atoms with van der Waals surface area (Å²) in [6.07, 6.45) is 1.68. The molecule has 0 saturated heterocycles. The zero-order valence-corrected chi connectivity index (χ0v) is 20.0. The number of aromatic nitrogens is 2. The zero-order chi connectivity index (χ0) is 26.1. The minimum atomic E-state index is -5.70. The SMILES string of the molecule is Cc1cccc2c1CN(S(=O)(=O)C(F)(F)F)CC(CCc1ccccc1)N2C(=O)c1nccc(=O)[nH]1. The van der Waals surface area contributed by atoms with Gasteiger partial charge in [-0.3, -0.25) is 9.59 Å². The first kappa shape index (κ1) is 25.6. The summed E-state index contributed by atoms with van der Waals surface area (Å²) in [5, 5.41) is 0. The van der Waals surface area contributed by atoms with Gasteiger partial charge in [-0.25, -0.2) is 13.4 Å². The van der Waals surface area contributed by atoms with Crippen LogP contribution in [0.4, 0.5) is 18.9 Å². The molecule has 12 heteroatoms. The lowest BCUT2D eigenvalue weighted by Crippen LogP contribution is -2.49. The smallest absolute Gasteiger partial charge is 0.302 e.